The molecule has 2 aromatic rings. The molecule has 0 bridgehead atoms. The fraction of sp³-hybridized carbons (Fsp3) is 0.294. The number of ether oxygens (including phenoxy) is 1. The second-order valence-corrected chi connectivity index (χ2v) is 5.75. The number of rotatable bonds is 7. The summed E-state index contributed by atoms with van der Waals surface area (Å²) in [7, 11) is 3.38. The fourth-order valence-electron chi connectivity index (χ4n) is 2.29. The molecular weight excluding hydrogens is 333 g/mol. The Kier molecular flexibility index (Phi) is 6.66. The van der Waals surface area contributed by atoms with Gasteiger partial charge in [-0.2, -0.15) is 0 Å². The first-order valence-electron chi connectivity index (χ1n) is 7.36. The number of halogens is 2. The highest BCUT2D eigenvalue weighted by atomic mass is 35.5. The molecule has 0 aliphatic heterocycles. The van der Waals surface area contributed by atoms with Crippen molar-refractivity contribution in [3.05, 3.63) is 59.1 Å². The number of anilines is 1. The van der Waals surface area contributed by atoms with Gasteiger partial charge in [0.25, 0.3) is 0 Å². The third-order valence-electron chi connectivity index (χ3n) is 3.48. The Bertz CT molecular complexity index is 685. The summed E-state index contributed by atoms with van der Waals surface area (Å²) in [4.78, 5) is 18.3. The van der Waals surface area contributed by atoms with Crippen LogP contribution in [0.25, 0.3) is 0 Å². The Hall–Kier alpha value is -2.02. The molecule has 24 heavy (non-hydrogen) atoms. The molecule has 1 heterocycles. The molecule has 7 heteroatoms. The lowest BCUT2D eigenvalue weighted by Crippen LogP contribution is -2.35. The van der Waals surface area contributed by atoms with Crippen molar-refractivity contribution >= 4 is 23.2 Å². The first-order valence-corrected chi connectivity index (χ1v) is 7.74. The first kappa shape index (κ1) is 18.3. The molecular formula is C17H19ClFN3O2. The lowest BCUT2D eigenvalue weighted by Gasteiger charge is -2.26. The first-order chi connectivity index (χ1) is 11.5. The number of nitrogens with zero attached hydrogens (tertiary/aromatic N) is 2. The van der Waals surface area contributed by atoms with Gasteiger partial charge in [0.2, 0.25) is 5.91 Å². The van der Waals surface area contributed by atoms with Crippen LogP contribution in [0.5, 0.6) is 0 Å². The number of hydrogen-bond donors (Lipinski definition) is 1. The molecule has 1 amide bonds. The van der Waals surface area contributed by atoms with Crippen molar-refractivity contribution in [1.82, 2.24) is 9.88 Å². The van der Waals surface area contributed by atoms with Gasteiger partial charge < -0.3 is 10.1 Å². The molecule has 0 saturated heterocycles. The van der Waals surface area contributed by atoms with Crippen LogP contribution in [0.1, 0.15) is 11.7 Å². The van der Waals surface area contributed by atoms with Crippen molar-refractivity contribution in [2.45, 2.75) is 6.04 Å². The van der Waals surface area contributed by atoms with Gasteiger partial charge in [-0.15, -0.1) is 0 Å². The van der Waals surface area contributed by atoms with Crippen LogP contribution in [0.15, 0.2) is 42.6 Å². The zero-order chi connectivity index (χ0) is 17.5. The van der Waals surface area contributed by atoms with Gasteiger partial charge in [-0.3, -0.25) is 14.7 Å². The van der Waals surface area contributed by atoms with E-state index in [4.69, 9.17) is 16.3 Å². The van der Waals surface area contributed by atoms with Crippen LogP contribution in [0.4, 0.5) is 10.1 Å². The summed E-state index contributed by atoms with van der Waals surface area (Å²) >= 11 is 5.70. The van der Waals surface area contributed by atoms with Gasteiger partial charge >= 0.3 is 0 Å². The average Bonchev–Trinajstić information content (AvgIpc) is 2.56. The molecule has 1 atom stereocenters. The molecule has 2 rings (SSSR count). The maximum absolute atomic E-state index is 13.7. The van der Waals surface area contributed by atoms with Crippen molar-refractivity contribution in [2.24, 2.45) is 0 Å². The summed E-state index contributed by atoms with van der Waals surface area (Å²) in [5, 5.41) is 2.82. The SMILES string of the molecule is COC[C@H](c1ccccn1)N(C)CC(=O)Nc1ccc(Cl)cc1F. The highest BCUT2D eigenvalue weighted by Crippen LogP contribution is 2.20. The Morgan fingerprint density at radius 2 is 2.21 bits per heavy atom. The van der Waals surface area contributed by atoms with E-state index < -0.39 is 5.82 Å². The van der Waals surface area contributed by atoms with Crippen molar-refractivity contribution < 1.29 is 13.9 Å². The normalized spacial score (nSPS) is 12.2. The largest absolute Gasteiger partial charge is 0.383 e. The topological polar surface area (TPSA) is 54.5 Å². The summed E-state index contributed by atoms with van der Waals surface area (Å²) in [5.74, 6) is -0.910. The predicted molar refractivity (Wildman–Crippen MR) is 91.5 cm³/mol. The molecule has 1 aromatic carbocycles. The van der Waals surface area contributed by atoms with Gasteiger partial charge in [0.1, 0.15) is 5.82 Å². The molecule has 0 spiro atoms. The third kappa shape index (κ3) is 4.99. The number of benzene rings is 1. The summed E-state index contributed by atoms with van der Waals surface area (Å²) in [6.07, 6.45) is 1.69. The van der Waals surface area contributed by atoms with Gasteiger partial charge in [-0.05, 0) is 37.4 Å². The second-order valence-electron chi connectivity index (χ2n) is 5.31. The minimum absolute atomic E-state index is 0.0622. The van der Waals surface area contributed by atoms with Crippen LogP contribution in [0, 0.1) is 5.82 Å². The Morgan fingerprint density at radius 3 is 2.83 bits per heavy atom. The van der Waals surface area contributed by atoms with Gasteiger partial charge in [0.15, 0.2) is 0 Å². The Labute approximate surface area is 145 Å². The highest BCUT2D eigenvalue weighted by Gasteiger charge is 2.20. The van der Waals surface area contributed by atoms with Gasteiger partial charge in [-0.25, -0.2) is 4.39 Å². The molecule has 0 saturated carbocycles. The molecule has 0 fully saturated rings. The zero-order valence-electron chi connectivity index (χ0n) is 13.5. The number of carbonyl (C=O) groups is 1. The summed E-state index contributed by atoms with van der Waals surface area (Å²) in [5.41, 5.74) is 0.895. The van der Waals surface area contributed by atoms with E-state index >= 15 is 0 Å². The van der Waals surface area contributed by atoms with Crippen LogP contribution >= 0.6 is 11.6 Å². The van der Waals surface area contributed by atoms with Gasteiger partial charge in [0.05, 0.1) is 30.6 Å². The molecule has 0 radical (unpaired) electrons. The standard InChI is InChI=1S/C17H19ClFN3O2/c1-22(16(11-24-2)15-5-3-4-8-20-15)10-17(23)21-14-7-6-12(18)9-13(14)19/h3-9,16H,10-11H2,1-2H3,(H,21,23)/t16-/m1/s1. The Balaban J connectivity index is 2.03. The maximum Gasteiger partial charge on any atom is 0.238 e. The second kappa shape index (κ2) is 8.73. The number of nitrogens with one attached hydrogen (secondary N) is 1. The number of hydrogen-bond acceptors (Lipinski definition) is 4. The average molecular weight is 352 g/mol. The van der Waals surface area contributed by atoms with Crippen LogP contribution in [-0.4, -0.2) is 43.1 Å². The predicted octanol–water partition coefficient (Wildman–Crippen LogP) is 3.13. The van der Waals surface area contributed by atoms with E-state index in [0.717, 1.165) is 11.8 Å². The van der Waals surface area contributed by atoms with Crippen LogP contribution in [0.3, 0.4) is 0 Å². The van der Waals surface area contributed by atoms with Crippen molar-refractivity contribution in [3.8, 4) is 0 Å². The quantitative estimate of drug-likeness (QED) is 0.832. The van der Waals surface area contributed by atoms with Gasteiger partial charge in [0, 0.05) is 18.3 Å². The molecule has 5 nitrogen and oxygen atoms in total. The third-order valence-corrected chi connectivity index (χ3v) is 3.72. The molecule has 0 unspecified atom stereocenters. The maximum atomic E-state index is 13.7. The number of pyridine rings is 1. The number of amides is 1. The Morgan fingerprint density at radius 1 is 1.42 bits per heavy atom. The van der Waals surface area contributed by atoms with Crippen LogP contribution < -0.4 is 5.32 Å². The van der Waals surface area contributed by atoms with E-state index in [-0.39, 0.29) is 29.2 Å². The lowest BCUT2D eigenvalue weighted by molar-refractivity contribution is -0.117. The zero-order valence-corrected chi connectivity index (χ0v) is 14.3. The van der Waals surface area contributed by atoms with Crippen molar-refractivity contribution in [1.29, 1.82) is 0 Å². The van der Waals surface area contributed by atoms with Crippen LogP contribution in [-0.2, 0) is 9.53 Å². The number of aromatic nitrogens is 1. The molecule has 1 N–H and O–H groups in total. The summed E-state index contributed by atoms with van der Waals surface area (Å²) in [6, 6.07) is 9.49. The van der Waals surface area contributed by atoms with Crippen molar-refractivity contribution in [3.63, 3.8) is 0 Å². The minimum Gasteiger partial charge on any atom is -0.383 e. The molecule has 0 aliphatic rings. The minimum atomic E-state index is -0.573. The number of likely N-dealkylation sites (N-methyl/N-ethyl adjacent to an activating group) is 1. The van der Waals surface area contributed by atoms with Crippen molar-refractivity contribution in [2.75, 3.05) is 32.6 Å². The summed E-state index contributed by atoms with van der Waals surface area (Å²) in [6.45, 7) is 0.447. The number of methoxy groups -OCH3 is 1. The van der Waals surface area contributed by atoms with E-state index in [1.54, 1.807) is 25.3 Å². The van der Waals surface area contributed by atoms with E-state index in [2.05, 4.69) is 10.3 Å². The molecule has 0 aliphatic carbocycles. The van der Waals surface area contributed by atoms with Gasteiger partial charge in [-0.1, -0.05) is 17.7 Å². The number of carbonyl (C=O) groups excluding carboxylic acids is 1. The monoisotopic (exact) mass is 351 g/mol. The van der Waals surface area contributed by atoms with E-state index in [1.807, 2.05) is 18.2 Å². The molecule has 1 aromatic heterocycles. The lowest BCUT2D eigenvalue weighted by atomic mass is 10.1. The van der Waals surface area contributed by atoms with E-state index in [1.165, 1.54) is 12.1 Å². The van der Waals surface area contributed by atoms with Crippen LogP contribution in [0.2, 0.25) is 5.02 Å². The molecule has 128 valence electrons. The smallest absolute Gasteiger partial charge is 0.238 e. The summed E-state index contributed by atoms with van der Waals surface area (Å²) < 4.78 is 19.0. The highest BCUT2D eigenvalue weighted by molar-refractivity contribution is 6.30. The van der Waals surface area contributed by atoms with E-state index in [9.17, 15) is 9.18 Å². The van der Waals surface area contributed by atoms with E-state index in [0.29, 0.717) is 6.61 Å². The fourth-order valence-corrected chi connectivity index (χ4v) is 2.45.